The van der Waals surface area contributed by atoms with Gasteiger partial charge in [0.05, 0.1) is 4.90 Å². The highest BCUT2D eigenvalue weighted by molar-refractivity contribution is 7.89. The third-order valence-corrected chi connectivity index (χ3v) is 6.93. The fourth-order valence-corrected chi connectivity index (χ4v) is 3.77. The minimum absolute atomic E-state index is 0.0190. The van der Waals surface area contributed by atoms with Crippen molar-refractivity contribution in [3.63, 3.8) is 0 Å². The molecule has 13 heteroatoms. The average molecular weight is 492 g/mol. The number of hydrogen-bond acceptors (Lipinski definition) is 8. The summed E-state index contributed by atoms with van der Waals surface area (Å²) in [4.78, 5) is 8.57. The molecular formula is C20H25N7O4S2. The predicted molar refractivity (Wildman–Crippen MR) is 126 cm³/mol. The van der Waals surface area contributed by atoms with Crippen LogP contribution in [0.3, 0.4) is 0 Å². The van der Waals surface area contributed by atoms with Gasteiger partial charge >= 0.3 is 0 Å². The van der Waals surface area contributed by atoms with Gasteiger partial charge in [0.25, 0.3) is 10.2 Å². The second-order valence-electron chi connectivity index (χ2n) is 7.24. The normalized spacial score (nSPS) is 12.0. The average Bonchev–Trinajstić information content (AvgIpc) is 2.77. The summed E-state index contributed by atoms with van der Waals surface area (Å²) in [6.45, 7) is 0.705. The highest BCUT2D eigenvalue weighted by Gasteiger charge is 2.12. The Morgan fingerprint density at radius 2 is 1.48 bits per heavy atom. The maximum atomic E-state index is 11.8. The van der Waals surface area contributed by atoms with E-state index in [2.05, 4.69) is 25.3 Å². The third-order valence-electron chi connectivity index (χ3n) is 4.53. The molecule has 0 radical (unpaired) electrons. The van der Waals surface area contributed by atoms with Gasteiger partial charge in [-0.2, -0.15) is 22.4 Å². The number of nitrogens with one attached hydrogen (secondary N) is 3. The molecule has 0 atom stereocenters. The summed E-state index contributed by atoms with van der Waals surface area (Å²) < 4.78 is 49.9. The fourth-order valence-electron chi connectivity index (χ4n) is 2.65. The van der Waals surface area contributed by atoms with Gasteiger partial charge in [0.2, 0.25) is 16.0 Å². The molecule has 0 saturated heterocycles. The van der Waals surface area contributed by atoms with E-state index in [4.69, 9.17) is 5.14 Å². The van der Waals surface area contributed by atoms with Gasteiger partial charge in [-0.3, -0.25) is 0 Å². The molecule has 0 saturated carbocycles. The summed E-state index contributed by atoms with van der Waals surface area (Å²) in [5.74, 6) is 0.934. The first-order valence-electron chi connectivity index (χ1n) is 9.75. The maximum Gasteiger partial charge on any atom is 0.279 e. The number of nitrogens with two attached hydrogens (primary N) is 1. The Kier molecular flexibility index (Phi) is 7.61. The summed E-state index contributed by atoms with van der Waals surface area (Å²) in [7, 11) is -4.29. The quantitative estimate of drug-likeness (QED) is 0.331. The molecule has 1 heterocycles. The van der Waals surface area contributed by atoms with Crippen molar-refractivity contribution in [2.24, 2.45) is 5.14 Å². The molecule has 0 aliphatic rings. The van der Waals surface area contributed by atoms with E-state index in [1.807, 2.05) is 24.3 Å². The second-order valence-corrected chi connectivity index (χ2v) is 10.8. The molecule has 2 aromatic carbocycles. The van der Waals surface area contributed by atoms with Crippen LogP contribution in [0.25, 0.3) is 0 Å². The molecule has 0 spiro atoms. The monoisotopic (exact) mass is 491 g/mol. The van der Waals surface area contributed by atoms with Gasteiger partial charge < -0.3 is 10.6 Å². The molecule has 0 fully saturated rings. The number of rotatable bonds is 10. The van der Waals surface area contributed by atoms with Gasteiger partial charge in [-0.1, -0.05) is 24.3 Å². The first kappa shape index (κ1) is 24.5. The van der Waals surface area contributed by atoms with E-state index in [9.17, 15) is 16.8 Å². The standard InChI is InChI=1S/C20H25N7O4S2/c1-27(2)33(30,31)24-14-16-5-3-15(4-6-16)13-23-19-11-12-22-20(26-19)25-17-7-9-18(10-8-17)32(21,28)29/h3-12,24H,13-14H2,1-2H3,(H2,21,28,29)(H2,22,23,25,26). The first-order chi connectivity index (χ1) is 15.5. The molecule has 0 aliphatic carbocycles. The van der Waals surface area contributed by atoms with Crippen molar-refractivity contribution < 1.29 is 16.8 Å². The van der Waals surface area contributed by atoms with E-state index >= 15 is 0 Å². The summed E-state index contributed by atoms with van der Waals surface area (Å²) >= 11 is 0. The number of anilines is 3. The SMILES string of the molecule is CN(C)S(=O)(=O)NCc1ccc(CNc2ccnc(Nc3ccc(S(N)(=O)=O)cc3)n2)cc1. The Bertz CT molecular complexity index is 1290. The van der Waals surface area contributed by atoms with Gasteiger partial charge in [0.1, 0.15) is 5.82 Å². The van der Waals surface area contributed by atoms with E-state index < -0.39 is 20.2 Å². The smallest absolute Gasteiger partial charge is 0.279 e. The lowest BCUT2D eigenvalue weighted by Crippen LogP contribution is -2.35. The van der Waals surface area contributed by atoms with Crippen LogP contribution in [-0.2, 0) is 33.3 Å². The van der Waals surface area contributed by atoms with Crippen molar-refractivity contribution in [1.82, 2.24) is 19.0 Å². The minimum atomic E-state index is -3.75. The van der Waals surface area contributed by atoms with Crippen LogP contribution in [0.5, 0.6) is 0 Å². The van der Waals surface area contributed by atoms with E-state index in [0.29, 0.717) is 24.0 Å². The van der Waals surface area contributed by atoms with Gasteiger partial charge in [0.15, 0.2) is 0 Å². The molecule has 0 amide bonds. The lowest BCUT2D eigenvalue weighted by atomic mass is 10.1. The topological polar surface area (TPSA) is 159 Å². The third kappa shape index (κ3) is 7.20. The Morgan fingerprint density at radius 1 is 0.879 bits per heavy atom. The van der Waals surface area contributed by atoms with Crippen LogP contribution in [0.2, 0.25) is 0 Å². The van der Waals surface area contributed by atoms with Crippen LogP contribution in [0.15, 0.2) is 65.7 Å². The van der Waals surface area contributed by atoms with Gasteiger partial charge in [-0.05, 0) is 41.5 Å². The van der Waals surface area contributed by atoms with Crippen LogP contribution in [0.4, 0.5) is 17.5 Å². The molecule has 1 aromatic heterocycles. The lowest BCUT2D eigenvalue weighted by molar-refractivity contribution is 0.505. The van der Waals surface area contributed by atoms with E-state index in [1.54, 1.807) is 24.4 Å². The second kappa shape index (κ2) is 10.2. The number of primary sulfonamides is 1. The molecule has 176 valence electrons. The largest absolute Gasteiger partial charge is 0.366 e. The van der Waals surface area contributed by atoms with Gasteiger partial charge in [0, 0.05) is 39.1 Å². The molecule has 3 aromatic rings. The Hall–Kier alpha value is -3.10. The summed E-state index contributed by atoms with van der Waals surface area (Å²) in [5, 5.41) is 11.3. The molecule has 0 aliphatic heterocycles. The van der Waals surface area contributed by atoms with Crippen molar-refractivity contribution in [2.45, 2.75) is 18.0 Å². The molecule has 0 unspecified atom stereocenters. The number of nitrogens with zero attached hydrogens (tertiary/aromatic N) is 3. The van der Waals surface area contributed by atoms with Crippen LogP contribution in [0, 0.1) is 0 Å². The van der Waals surface area contributed by atoms with Gasteiger partial charge in [-0.25, -0.2) is 18.5 Å². The van der Waals surface area contributed by atoms with Crippen molar-refractivity contribution in [3.05, 3.63) is 71.9 Å². The Labute approximate surface area is 193 Å². The lowest BCUT2D eigenvalue weighted by Gasteiger charge is -2.12. The number of hydrogen-bond donors (Lipinski definition) is 4. The van der Waals surface area contributed by atoms with E-state index in [-0.39, 0.29) is 11.4 Å². The van der Waals surface area contributed by atoms with E-state index in [0.717, 1.165) is 15.4 Å². The predicted octanol–water partition coefficient (Wildman–Crippen LogP) is 1.38. The molecule has 0 bridgehead atoms. The van der Waals surface area contributed by atoms with Crippen molar-refractivity contribution in [3.8, 4) is 0 Å². The zero-order valence-corrected chi connectivity index (χ0v) is 19.7. The summed E-state index contributed by atoms with van der Waals surface area (Å²) in [6, 6.07) is 15.2. The zero-order chi connectivity index (χ0) is 24.1. The zero-order valence-electron chi connectivity index (χ0n) is 18.1. The van der Waals surface area contributed by atoms with Crippen molar-refractivity contribution in [1.29, 1.82) is 0 Å². The molecular weight excluding hydrogens is 466 g/mol. The number of benzene rings is 2. The molecule has 11 nitrogen and oxygen atoms in total. The first-order valence-corrected chi connectivity index (χ1v) is 12.7. The number of aromatic nitrogens is 2. The van der Waals surface area contributed by atoms with Crippen LogP contribution in [-0.4, -0.2) is 45.2 Å². The molecule has 5 N–H and O–H groups in total. The van der Waals surface area contributed by atoms with Crippen molar-refractivity contribution >= 4 is 37.7 Å². The fraction of sp³-hybridized carbons (Fsp3) is 0.200. The summed E-state index contributed by atoms with van der Waals surface area (Å²) in [5.41, 5.74) is 2.44. The van der Waals surface area contributed by atoms with Gasteiger partial charge in [-0.15, -0.1) is 0 Å². The minimum Gasteiger partial charge on any atom is -0.366 e. The van der Waals surface area contributed by atoms with E-state index in [1.165, 1.54) is 26.2 Å². The number of sulfonamides is 1. The van der Waals surface area contributed by atoms with Crippen molar-refractivity contribution in [2.75, 3.05) is 24.7 Å². The van der Waals surface area contributed by atoms with Crippen LogP contribution < -0.4 is 20.5 Å². The Balaban J connectivity index is 1.56. The Morgan fingerprint density at radius 3 is 2.06 bits per heavy atom. The van der Waals surface area contributed by atoms with Crippen LogP contribution in [0.1, 0.15) is 11.1 Å². The molecule has 33 heavy (non-hydrogen) atoms. The highest BCUT2D eigenvalue weighted by atomic mass is 32.2. The summed E-state index contributed by atoms with van der Waals surface area (Å²) in [6.07, 6.45) is 1.59. The molecule has 3 rings (SSSR count). The van der Waals surface area contributed by atoms with Crippen LogP contribution >= 0.6 is 0 Å². The highest BCUT2D eigenvalue weighted by Crippen LogP contribution is 2.17. The maximum absolute atomic E-state index is 11.8.